The Labute approximate surface area is 184 Å². The fourth-order valence-electron chi connectivity index (χ4n) is 3.50. The standard InChI is InChI=1S/C25H21N5O2/c1-16-6-8-18(9-7-16)22-23(30-14-12-17-5-4-13-26-21(17)25(30)31)28-24(32-22)19-10-11-20(27-15-19)29(2)3/h4-15H,1-3H3. The third kappa shape index (κ3) is 3.43. The molecule has 0 N–H and O–H groups in total. The summed E-state index contributed by atoms with van der Waals surface area (Å²) in [6.45, 7) is 2.02. The van der Waals surface area contributed by atoms with Gasteiger partial charge in [0.25, 0.3) is 5.56 Å². The summed E-state index contributed by atoms with van der Waals surface area (Å²) in [5.74, 6) is 2.14. The molecule has 0 radical (unpaired) electrons. The van der Waals surface area contributed by atoms with Gasteiger partial charge >= 0.3 is 0 Å². The average molecular weight is 423 g/mol. The molecule has 0 aliphatic carbocycles. The van der Waals surface area contributed by atoms with Gasteiger partial charge in [0.05, 0.1) is 5.56 Å². The van der Waals surface area contributed by atoms with Gasteiger partial charge in [0.15, 0.2) is 11.6 Å². The molecule has 7 heteroatoms. The highest BCUT2D eigenvalue weighted by Gasteiger charge is 2.20. The van der Waals surface area contributed by atoms with Gasteiger partial charge in [0.2, 0.25) is 5.89 Å². The van der Waals surface area contributed by atoms with Crippen LogP contribution in [0.4, 0.5) is 5.82 Å². The number of benzene rings is 1. The van der Waals surface area contributed by atoms with Crippen molar-refractivity contribution in [2.75, 3.05) is 19.0 Å². The van der Waals surface area contributed by atoms with Crippen LogP contribution in [-0.4, -0.2) is 33.6 Å². The summed E-state index contributed by atoms with van der Waals surface area (Å²) in [5.41, 5.74) is 2.81. The van der Waals surface area contributed by atoms with Crippen LogP contribution in [0.5, 0.6) is 0 Å². The van der Waals surface area contributed by atoms with Crippen molar-refractivity contribution >= 4 is 16.7 Å². The summed E-state index contributed by atoms with van der Waals surface area (Å²) >= 11 is 0. The van der Waals surface area contributed by atoms with Crippen molar-refractivity contribution in [2.24, 2.45) is 0 Å². The predicted octanol–water partition coefficient (Wildman–Crippen LogP) is 4.48. The first-order chi connectivity index (χ1) is 15.5. The molecular weight excluding hydrogens is 402 g/mol. The lowest BCUT2D eigenvalue weighted by Crippen LogP contribution is -2.19. The van der Waals surface area contributed by atoms with Crippen LogP contribution in [0.15, 0.2) is 82.4 Å². The zero-order chi connectivity index (χ0) is 22.2. The van der Waals surface area contributed by atoms with E-state index in [4.69, 9.17) is 9.40 Å². The van der Waals surface area contributed by atoms with E-state index in [0.29, 0.717) is 23.0 Å². The zero-order valence-corrected chi connectivity index (χ0v) is 18.0. The number of anilines is 1. The molecule has 0 bridgehead atoms. The highest BCUT2D eigenvalue weighted by atomic mass is 16.4. The second-order valence-corrected chi connectivity index (χ2v) is 7.77. The molecule has 32 heavy (non-hydrogen) atoms. The van der Waals surface area contributed by atoms with Crippen molar-refractivity contribution in [1.82, 2.24) is 19.5 Å². The maximum absolute atomic E-state index is 13.2. The zero-order valence-electron chi connectivity index (χ0n) is 18.0. The van der Waals surface area contributed by atoms with E-state index in [1.807, 2.05) is 80.5 Å². The normalized spacial score (nSPS) is 11.1. The Morgan fingerprint density at radius 2 is 1.72 bits per heavy atom. The highest BCUT2D eigenvalue weighted by molar-refractivity contribution is 5.78. The van der Waals surface area contributed by atoms with E-state index in [9.17, 15) is 4.79 Å². The van der Waals surface area contributed by atoms with Crippen molar-refractivity contribution in [2.45, 2.75) is 6.92 Å². The van der Waals surface area contributed by atoms with Crippen LogP contribution in [0.25, 0.3) is 39.5 Å². The summed E-state index contributed by atoms with van der Waals surface area (Å²) in [7, 11) is 3.86. The molecule has 158 valence electrons. The summed E-state index contributed by atoms with van der Waals surface area (Å²) in [6, 6.07) is 17.2. The van der Waals surface area contributed by atoms with Gasteiger partial charge in [-0.05, 0) is 31.2 Å². The molecule has 4 aromatic heterocycles. The maximum Gasteiger partial charge on any atom is 0.282 e. The van der Waals surface area contributed by atoms with Crippen LogP contribution in [0, 0.1) is 6.92 Å². The topological polar surface area (TPSA) is 77.1 Å². The fourth-order valence-corrected chi connectivity index (χ4v) is 3.50. The van der Waals surface area contributed by atoms with E-state index in [0.717, 1.165) is 27.9 Å². The highest BCUT2D eigenvalue weighted by Crippen LogP contribution is 2.32. The maximum atomic E-state index is 13.2. The molecule has 0 amide bonds. The number of aromatic nitrogens is 4. The lowest BCUT2D eigenvalue weighted by Gasteiger charge is -2.10. The first-order valence-corrected chi connectivity index (χ1v) is 10.2. The Morgan fingerprint density at radius 1 is 0.938 bits per heavy atom. The number of aryl methyl sites for hydroxylation is 1. The van der Waals surface area contributed by atoms with Gasteiger partial charge in [0.1, 0.15) is 11.3 Å². The Morgan fingerprint density at radius 3 is 2.44 bits per heavy atom. The minimum atomic E-state index is -0.252. The number of hydrogen-bond acceptors (Lipinski definition) is 6. The lowest BCUT2D eigenvalue weighted by atomic mass is 10.1. The van der Waals surface area contributed by atoms with Crippen LogP contribution < -0.4 is 10.5 Å². The molecule has 0 spiro atoms. The molecule has 0 saturated carbocycles. The molecule has 5 rings (SSSR count). The van der Waals surface area contributed by atoms with Gasteiger partial charge in [0, 0.05) is 43.6 Å². The Kier molecular flexibility index (Phi) is 4.78. The van der Waals surface area contributed by atoms with Gasteiger partial charge < -0.3 is 9.32 Å². The van der Waals surface area contributed by atoms with E-state index in [1.54, 1.807) is 18.6 Å². The number of nitrogens with zero attached hydrogens (tertiary/aromatic N) is 5. The molecule has 0 fully saturated rings. The Bertz CT molecular complexity index is 1470. The van der Waals surface area contributed by atoms with E-state index in [2.05, 4.69) is 9.97 Å². The largest absolute Gasteiger partial charge is 0.434 e. The Balaban J connectivity index is 1.71. The quantitative estimate of drug-likeness (QED) is 0.424. The van der Waals surface area contributed by atoms with Gasteiger partial charge in [-0.1, -0.05) is 35.9 Å². The van der Waals surface area contributed by atoms with Gasteiger partial charge in [-0.25, -0.2) is 4.98 Å². The summed E-state index contributed by atoms with van der Waals surface area (Å²) in [6.07, 6.45) is 5.04. The minimum absolute atomic E-state index is 0.252. The second kappa shape index (κ2) is 7.77. The van der Waals surface area contributed by atoms with Crippen molar-refractivity contribution in [3.8, 4) is 28.6 Å². The van der Waals surface area contributed by atoms with Crippen LogP contribution in [0.1, 0.15) is 5.56 Å². The van der Waals surface area contributed by atoms with Crippen LogP contribution in [0.3, 0.4) is 0 Å². The average Bonchev–Trinajstić information content (AvgIpc) is 3.25. The van der Waals surface area contributed by atoms with Crippen LogP contribution in [0.2, 0.25) is 0 Å². The monoisotopic (exact) mass is 423 g/mol. The fraction of sp³-hybridized carbons (Fsp3) is 0.120. The third-order valence-electron chi connectivity index (χ3n) is 5.27. The molecule has 0 aliphatic rings. The van der Waals surface area contributed by atoms with Gasteiger partial charge in [-0.2, -0.15) is 4.98 Å². The molecule has 0 unspecified atom stereocenters. The smallest absolute Gasteiger partial charge is 0.282 e. The first kappa shape index (κ1) is 19.7. The van der Waals surface area contributed by atoms with E-state index < -0.39 is 0 Å². The number of pyridine rings is 3. The number of fused-ring (bicyclic) bond motifs is 1. The molecule has 5 aromatic rings. The molecule has 1 aromatic carbocycles. The van der Waals surface area contributed by atoms with Crippen LogP contribution >= 0.6 is 0 Å². The van der Waals surface area contributed by atoms with Crippen molar-refractivity contribution < 1.29 is 4.42 Å². The first-order valence-electron chi connectivity index (χ1n) is 10.2. The summed E-state index contributed by atoms with van der Waals surface area (Å²) < 4.78 is 7.69. The Hall–Kier alpha value is -4.26. The molecule has 0 saturated heterocycles. The summed E-state index contributed by atoms with van der Waals surface area (Å²) in [4.78, 5) is 28.6. The number of hydrogen-bond donors (Lipinski definition) is 0. The number of oxazole rings is 1. The van der Waals surface area contributed by atoms with Crippen molar-refractivity contribution in [3.05, 3.63) is 89.1 Å². The van der Waals surface area contributed by atoms with E-state index in [-0.39, 0.29) is 5.56 Å². The third-order valence-corrected chi connectivity index (χ3v) is 5.27. The van der Waals surface area contributed by atoms with Gasteiger partial charge in [-0.15, -0.1) is 0 Å². The molecule has 0 atom stereocenters. The van der Waals surface area contributed by atoms with E-state index >= 15 is 0 Å². The van der Waals surface area contributed by atoms with Crippen molar-refractivity contribution in [1.29, 1.82) is 0 Å². The lowest BCUT2D eigenvalue weighted by molar-refractivity contribution is 0.587. The molecular formula is C25H21N5O2. The summed E-state index contributed by atoms with van der Waals surface area (Å²) in [5, 5.41) is 0.776. The predicted molar refractivity (Wildman–Crippen MR) is 125 cm³/mol. The molecule has 7 nitrogen and oxygen atoms in total. The SMILES string of the molecule is Cc1ccc(-c2oc(-c3ccc(N(C)C)nc3)nc2-n2ccc3cccnc3c2=O)cc1. The molecule has 0 aliphatic heterocycles. The van der Waals surface area contributed by atoms with Crippen molar-refractivity contribution in [3.63, 3.8) is 0 Å². The second-order valence-electron chi connectivity index (χ2n) is 7.77. The van der Waals surface area contributed by atoms with Gasteiger partial charge in [-0.3, -0.25) is 14.3 Å². The van der Waals surface area contributed by atoms with E-state index in [1.165, 1.54) is 4.57 Å². The number of rotatable bonds is 4. The minimum Gasteiger partial charge on any atom is -0.434 e. The van der Waals surface area contributed by atoms with Crippen LogP contribution in [-0.2, 0) is 0 Å². The molecule has 4 heterocycles.